The van der Waals surface area contributed by atoms with Crippen LogP contribution in [0.1, 0.15) is 25.1 Å². The molecule has 0 unspecified atom stereocenters. The summed E-state index contributed by atoms with van der Waals surface area (Å²) < 4.78 is 0.803. The Morgan fingerprint density at radius 1 is 1.44 bits per heavy atom. The summed E-state index contributed by atoms with van der Waals surface area (Å²) in [7, 11) is 2.12. The van der Waals surface area contributed by atoms with Crippen LogP contribution in [0, 0.1) is 0 Å². The molecule has 0 bridgehead atoms. The molecular formula is C12H18ClIN2. The molecule has 0 aliphatic carbocycles. The quantitative estimate of drug-likeness (QED) is 0.403. The summed E-state index contributed by atoms with van der Waals surface area (Å²) in [6, 6.07) is 3.93. The molecule has 0 N–H and O–H groups in total. The van der Waals surface area contributed by atoms with Gasteiger partial charge in [0.15, 0.2) is 0 Å². The number of likely N-dealkylation sites (N-methyl/N-ethyl adjacent to an activating group) is 1. The standard InChI is InChI=1S/C9H11ClN2.C3H7I/c1-12-5-4-8-7(6-12)2-3-9(10)11-8;1-3(2)4/h2-3H,4-6H2,1H3;3H,1-2H3. The lowest BCUT2D eigenvalue weighted by Gasteiger charge is -2.23. The van der Waals surface area contributed by atoms with Crippen molar-refractivity contribution in [3.63, 3.8) is 0 Å². The van der Waals surface area contributed by atoms with Crippen LogP contribution in [0.4, 0.5) is 0 Å². The van der Waals surface area contributed by atoms with E-state index in [9.17, 15) is 0 Å². The molecule has 0 spiro atoms. The van der Waals surface area contributed by atoms with E-state index in [4.69, 9.17) is 11.6 Å². The second-order valence-electron chi connectivity index (χ2n) is 4.24. The van der Waals surface area contributed by atoms with E-state index < -0.39 is 0 Å². The van der Waals surface area contributed by atoms with Gasteiger partial charge in [-0.3, -0.25) is 0 Å². The molecule has 4 heteroatoms. The highest BCUT2D eigenvalue weighted by Crippen LogP contribution is 2.17. The third kappa shape index (κ3) is 4.97. The molecular weight excluding hydrogens is 335 g/mol. The predicted molar refractivity (Wildman–Crippen MR) is 78.4 cm³/mol. The highest BCUT2D eigenvalue weighted by Gasteiger charge is 2.13. The van der Waals surface area contributed by atoms with Gasteiger partial charge < -0.3 is 4.90 Å². The normalized spacial score (nSPS) is 15.4. The maximum absolute atomic E-state index is 5.79. The van der Waals surface area contributed by atoms with Gasteiger partial charge in [-0.25, -0.2) is 4.98 Å². The van der Waals surface area contributed by atoms with E-state index in [1.165, 1.54) is 11.3 Å². The number of hydrogen-bond donors (Lipinski definition) is 0. The Hall–Kier alpha value is 0.130. The van der Waals surface area contributed by atoms with Gasteiger partial charge in [0.2, 0.25) is 0 Å². The van der Waals surface area contributed by atoms with Crippen LogP contribution >= 0.6 is 34.2 Å². The molecule has 16 heavy (non-hydrogen) atoms. The summed E-state index contributed by atoms with van der Waals surface area (Å²) in [5.41, 5.74) is 2.48. The largest absolute Gasteiger partial charge is 0.302 e. The smallest absolute Gasteiger partial charge is 0.129 e. The third-order valence-corrected chi connectivity index (χ3v) is 2.42. The van der Waals surface area contributed by atoms with Crippen molar-refractivity contribution in [3.05, 3.63) is 28.5 Å². The molecule has 1 aromatic rings. The van der Waals surface area contributed by atoms with Crippen LogP contribution < -0.4 is 0 Å². The van der Waals surface area contributed by atoms with Gasteiger partial charge in [-0.15, -0.1) is 0 Å². The molecule has 0 amide bonds. The topological polar surface area (TPSA) is 16.1 Å². The number of halogens is 2. The van der Waals surface area contributed by atoms with E-state index >= 15 is 0 Å². The molecule has 0 saturated carbocycles. The van der Waals surface area contributed by atoms with Gasteiger partial charge in [0, 0.05) is 29.1 Å². The first-order valence-corrected chi connectivity index (χ1v) is 7.08. The molecule has 90 valence electrons. The Bertz CT molecular complexity index is 339. The summed E-state index contributed by atoms with van der Waals surface area (Å²) in [5.74, 6) is 0. The molecule has 1 aliphatic heterocycles. The first-order chi connectivity index (χ1) is 7.49. The lowest BCUT2D eigenvalue weighted by Crippen LogP contribution is -2.27. The number of pyridine rings is 1. The number of nitrogens with zero attached hydrogens (tertiary/aromatic N) is 2. The molecule has 2 rings (SSSR count). The maximum atomic E-state index is 5.79. The monoisotopic (exact) mass is 352 g/mol. The fraction of sp³-hybridized carbons (Fsp3) is 0.583. The van der Waals surface area contributed by atoms with Crippen LogP contribution in [0.3, 0.4) is 0 Å². The fourth-order valence-corrected chi connectivity index (χ4v) is 1.70. The molecule has 1 aromatic heterocycles. The van der Waals surface area contributed by atoms with Gasteiger partial charge in [-0.05, 0) is 18.7 Å². The van der Waals surface area contributed by atoms with Crippen LogP contribution in [-0.4, -0.2) is 27.4 Å². The van der Waals surface area contributed by atoms with Crippen LogP contribution in [0.2, 0.25) is 5.15 Å². The van der Waals surface area contributed by atoms with E-state index in [2.05, 4.69) is 59.4 Å². The van der Waals surface area contributed by atoms with Crippen molar-refractivity contribution in [2.24, 2.45) is 0 Å². The Morgan fingerprint density at radius 2 is 2.06 bits per heavy atom. The van der Waals surface area contributed by atoms with Crippen molar-refractivity contribution in [1.29, 1.82) is 0 Å². The van der Waals surface area contributed by atoms with Crippen molar-refractivity contribution < 1.29 is 0 Å². The third-order valence-electron chi connectivity index (χ3n) is 2.21. The van der Waals surface area contributed by atoms with Crippen molar-refractivity contribution in [3.8, 4) is 0 Å². The summed E-state index contributed by atoms with van der Waals surface area (Å²) in [4.78, 5) is 6.58. The van der Waals surface area contributed by atoms with E-state index in [-0.39, 0.29) is 0 Å². The second kappa shape index (κ2) is 6.77. The van der Waals surface area contributed by atoms with Gasteiger partial charge in [0.05, 0.1) is 0 Å². The number of fused-ring (bicyclic) bond motifs is 1. The highest BCUT2D eigenvalue weighted by atomic mass is 127. The van der Waals surface area contributed by atoms with Crippen molar-refractivity contribution in [1.82, 2.24) is 9.88 Å². The minimum absolute atomic E-state index is 0.610. The van der Waals surface area contributed by atoms with Crippen LogP contribution in [0.5, 0.6) is 0 Å². The summed E-state index contributed by atoms with van der Waals surface area (Å²) in [5, 5.41) is 0.610. The summed E-state index contributed by atoms with van der Waals surface area (Å²) >= 11 is 8.13. The highest BCUT2D eigenvalue weighted by molar-refractivity contribution is 14.1. The lowest BCUT2D eigenvalue weighted by atomic mass is 10.1. The molecule has 0 radical (unpaired) electrons. The molecule has 2 heterocycles. The van der Waals surface area contributed by atoms with Gasteiger partial charge in [-0.1, -0.05) is 54.1 Å². The van der Waals surface area contributed by atoms with Crippen molar-refractivity contribution in [2.45, 2.75) is 30.7 Å². The zero-order valence-corrected chi connectivity index (χ0v) is 12.9. The summed E-state index contributed by atoms with van der Waals surface area (Å²) in [6.07, 6.45) is 1.02. The Morgan fingerprint density at radius 3 is 2.69 bits per heavy atom. The minimum Gasteiger partial charge on any atom is -0.302 e. The van der Waals surface area contributed by atoms with E-state index in [1.54, 1.807) is 0 Å². The Kier molecular flexibility index (Phi) is 6.00. The molecule has 0 atom stereocenters. The SMILES string of the molecule is CC(C)I.CN1CCc2nc(Cl)ccc2C1. The van der Waals surface area contributed by atoms with E-state index in [1.807, 2.05) is 6.07 Å². The number of alkyl halides is 1. The van der Waals surface area contributed by atoms with Crippen molar-refractivity contribution >= 4 is 34.2 Å². The zero-order valence-electron chi connectivity index (χ0n) is 10.0. The van der Waals surface area contributed by atoms with Gasteiger partial charge in [0.1, 0.15) is 5.15 Å². The summed E-state index contributed by atoms with van der Waals surface area (Å²) in [6.45, 7) is 6.39. The van der Waals surface area contributed by atoms with E-state index in [0.717, 1.165) is 23.4 Å². The van der Waals surface area contributed by atoms with E-state index in [0.29, 0.717) is 5.15 Å². The van der Waals surface area contributed by atoms with Gasteiger partial charge in [-0.2, -0.15) is 0 Å². The molecule has 0 saturated heterocycles. The maximum Gasteiger partial charge on any atom is 0.129 e. The Labute approximate surface area is 117 Å². The molecule has 0 fully saturated rings. The lowest BCUT2D eigenvalue weighted by molar-refractivity contribution is 0.310. The fourth-order valence-electron chi connectivity index (χ4n) is 1.53. The van der Waals surface area contributed by atoms with Gasteiger partial charge in [0.25, 0.3) is 0 Å². The number of rotatable bonds is 0. The molecule has 2 nitrogen and oxygen atoms in total. The first kappa shape index (κ1) is 14.2. The zero-order chi connectivity index (χ0) is 12.1. The average molecular weight is 353 g/mol. The molecule has 1 aliphatic rings. The number of aromatic nitrogens is 1. The van der Waals surface area contributed by atoms with Crippen LogP contribution in [0.15, 0.2) is 12.1 Å². The van der Waals surface area contributed by atoms with Crippen molar-refractivity contribution in [2.75, 3.05) is 13.6 Å². The second-order valence-corrected chi connectivity index (χ2v) is 7.12. The average Bonchev–Trinajstić information content (AvgIpc) is 2.17. The predicted octanol–water partition coefficient (Wildman–Crippen LogP) is 3.55. The number of hydrogen-bond acceptors (Lipinski definition) is 2. The minimum atomic E-state index is 0.610. The van der Waals surface area contributed by atoms with Gasteiger partial charge >= 0.3 is 0 Å². The first-order valence-electron chi connectivity index (χ1n) is 5.46. The van der Waals surface area contributed by atoms with Crippen LogP contribution in [0.25, 0.3) is 0 Å². The molecule has 0 aromatic carbocycles. The van der Waals surface area contributed by atoms with Crippen LogP contribution in [-0.2, 0) is 13.0 Å². The Balaban J connectivity index is 0.000000280.